The Morgan fingerprint density at radius 1 is 1.65 bits per heavy atom. The van der Waals surface area contributed by atoms with Crippen LogP contribution in [0.3, 0.4) is 0 Å². The minimum atomic E-state index is -0.749. The number of amides is 1. The van der Waals surface area contributed by atoms with Gasteiger partial charge in [0.2, 0.25) is 5.91 Å². The van der Waals surface area contributed by atoms with Gasteiger partial charge in [0.15, 0.2) is 0 Å². The van der Waals surface area contributed by atoms with Crippen molar-refractivity contribution in [2.45, 2.75) is 25.4 Å². The summed E-state index contributed by atoms with van der Waals surface area (Å²) in [7, 11) is 2.04. The van der Waals surface area contributed by atoms with Crippen LogP contribution in [0.4, 0.5) is 0 Å². The zero-order valence-electron chi connectivity index (χ0n) is 10.2. The summed E-state index contributed by atoms with van der Waals surface area (Å²) in [6.07, 6.45) is 2.42. The Bertz CT molecular complexity index is 333. The summed E-state index contributed by atoms with van der Waals surface area (Å²) >= 11 is 0. The molecule has 5 nitrogen and oxygen atoms in total. The second-order valence-corrected chi connectivity index (χ2v) is 5.01. The maximum absolute atomic E-state index is 11.9. The molecule has 2 aliphatic rings. The van der Waals surface area contributed by atoms with Gasteiger partial charge in [0.1, 0.15) is 5.41 Å². The van der Waals surface area contributed by atoms with Crippen molar-refractivity contribution >= 4 is 5.91 Å². The Hall–Kier alpha value is -1.12. The number of nitrogens with one attached hydrogen (secondary N) is 1. The van der Waals surface area contributed by atoms with Gasteiger partial charge in [0, 0.05) is 19.6 Å². The van der Waals surface area contributed by atoms with Crippen LogP contribution in [0.5, 0.6) is 0 Å². The molecule has 0 bridgehead atoms. The van der Waals surface area contributed by atoms with Crippen molar-refractivity contribution in [3.05, 3.63) is 0 Å². The SMILES string of the molecule is CN1CCOC(CNC(=O)C2(C#N)CCC2)C1. The molecule has 1 heterocycles. The molecule has 0 aromatic rings. The van der Waals surface area contributed by atoms with Crippen LogP contribution >= 0.6 is 0 Å². The van der Waals surface area contributed by atoms with Crippen molar-refractivity contribution in [3.63, 3.8) is 0 Å². The molecule has 0 aromatic heterocycles. The number of carbonyl (C=O) groups excluding carboxylic acids is 1. The van der Waals surface area contributed by atoms with Crippen molar-refractivity contribution in [2.24, 2.45) is 5.41 Å². The molecule has 5 heteroatoms. The average molecular weight is 237 g/mol. The highest BCUT2D eigenvalue weighted by atomic mass is 16.5. The smallest absolute Gasteiger partial charge is 0.240 e. The number of carbonyl (C=O) groups is 1. The first-order valence-corrected chi connectivity index (χ1v) is 6.16. The van der Waals surface area contributed by atoms with Crippen LogP contribution in [-0.4, -0.2) is 50.2 Å². The van der Waals surface area contributed by atoms with Crippen LogP contribution in [0.15, 0.2) is 0 Å². The lowest BCUT2D eigenvalue weighted by Crippen LogP contribution is -2.50. The summed E-state index contributed by atoms with van der Waals surface area (Å²) in [6.45, 7) is 2.99. The Morgan fingerprint density at radius 3 is 2.94 bits per heavy atom. The van der Waals surface area contributed by atoms with Gasteiger partial charge >= 0.3 is 0 Å². The van der Waals surface area contributed by atoms with Crippen molar-refractivity contribution in [2.75, 3.05) is 33.3 Å². The number of nitriles is 1. The third-order valence-electron chi connectivity index (χ3n) is 3.69. The van der Waals surface area contributed by atoms with E-state index < -0.39 is 5.41 Å². The quantitative estimate of drug-likeness (QED) is 0.757. The normalized spacial score (nSPS) is 27.9. The zero-order chi connectivity index (χ0) is 12.3. The Labute approximate surface area is 102 Å². The molecule has 0 radical (unpaired) electrons. The molecule has 1 amide bonds. The summed E-state index contributed by atoms with van der Waals surface area (Å²) in [6, 6.07) is 2.15. The molecule has 17 heavy (non-hydrogen) atoms. The predicted molar refractivity (Wildman–Crippen MR) is 62.1 cm³/mol. The molecule has 94 valence electrons. The van der Waals surface area contributed by atoms with E-state index in [1.165, 1.54) is 0 Å². The summed E-state index contributed by atoms with van der Waals surface area (Å²) in [5.41, 5.74) is -0.749. The fourth-order valence-corrected chi connectivity index (χ4v) is 2.29. The molecule has 1 N–H and O–H groups in total. The van der Waals surface area contributed by atoms with Crippen molar-refractivity contribution in [1.82, 2.24) is 10.2 Å². The zero-order valence-corrected chi connectivity index (χ0v) is 10.2. The van der Waals surface area contributed by atoms with Crippen LogP contribution < -0.4 is 5.32 Å². The first kappa shape index (κ1) is 12.3. The number of morpholine rings is 1. The highest BCUT2D eigenvalue weighted by Gasteiger charge is 2.44. The molecule has 1 aliphatic heterocycles. The lowest BCUT2D eigenvalue weighted by atomic mass is 9.69. The van der Waals surface area contributed by atoms with E-state index in [9.17, 15) is 4.79 Å². The van der Waals surface area contributed by atoms with E-state index in [4.69, 9.17) is 10.00 Å². The molecule has 1 aliphatic carbocycles. The molecular weight excluding hydrogens is 218 g/mol. The Morgan fingerprint density at radius 2 is 2.41 bits per heavy atom. The van der Waals surface area contributed by atoms with Gasteiger partial charge in [-0.1, -0.05) is 0 Å². The lowest BCUT2D eigenvalue weighted by Gasteiger charge is -2.35. The highest BCUT2D eigenvalue weighted by Crippen LogP contribution is 2.40. The number of ether oxygens (including phenoxy) is 1. The van der Waals surface area contributed by atoms with Crippen LogP contribution in [0.1, 0.15) is 19.3 Å². The number of likely N-dealkylation sites (N-methyl/N-ethyl adjacent to an activating group) is 1. The van der Waals surface area contributed by atoms with E-state index in [0.717, 1.165) is 19.5 Å². The monoisotopic (exact) mass is 237 g/mol. The maximum atomic E-state index is 11.9. The van der Waals surface area contributed by atoms with Crippen LogP contribution in [-0.2, 0) is 9.53 Å². The molecule has 1 saturated heterocycles. The minimum Gasteiger partial charge on any atom is -0.374 e. The van der Waals surface area contributed by atoms with Gasteiger partial charge in [0.05, 0.1) is 18.8 Å². The number of hydrogen-bond donors (Lipinski definition) is 1. The summed E-state index contributed by atoms with van der Waals surface area (Å²) in [4.78, 5) is 14.1. The van der Waals surface area contributed by atoms with Crippen LogP contribution in [0.2, 0.25) is 0 Å². The molecule has 0 aromatic carbocycles. The summed E-state index contributed by atoms with van der Waals surface area (Å²) in [5.74, 6) is -0.122. The van der Waals surface area contributed by atoms with Crippen LogP contribution in [0.25, 0.3) is 0 Å². The first-order chi connectivity index (χ1) is 8.16. The number of hydrogen-bond acceptors (Lipinski definition) is 4. The number of nitrogens with zero attached hydrogens (tertiary/aromatic N) is 2. The molecule has 2 fully saturated rings. The van der Waals surface area contributed by atoms with Crippen molar-refractivity contribution in [3.8, 4) is 6.07 Å². The average Bonchev–Trinajstić information content (AvgIpc) is 2.26. The van der Waals surface area contributed by atoms with E-state index in [-0.39, 0.29) is 12.0 Å². The molecular formula is C12H19N3O2. The maximum Gasteiger partial charge on any atom is 0.240 e. The fraction of sp³-hybridized carbons (Fsp3) is 0.833. The fourth-order valence-electron chi connectivity index (χ4n) is 2.29. The molecule has 1 saturated carbocycles. The molecule has 2 rings (SSSR count). The van der Waals surface area contributed by atoms with E-state index in [0.29, 0.717) is 26.0 Å². The van der Waals surface area contributed by atoms with Gasteiger partial charge in [-0.3, -0.25) is 4.79 Å². The van der Waals surface area contributed by atoms with Crippen molar-refractivity contribution in [1.29, 1.82) is 5.26 Å². The van der Waals surface area contributed by atoms with E-state index in [1.807, 2.05) is 7.05 Å². The van der Waals surface area contributed by atoms with Crippen molar-refractivity contribution < 1.29 is 9.53 Å². The molecule has 1 atom stereocenters. The van der Waals surface area contributed by atoms with E-state index in [1.54, 1.807) is 0 Å². The molecule has 1 unspecified atom stereocenters. The standard InChI is InChI=1S/C12H19N3O2/c1-15-5-6-17-10(8-15)7-14-11(16)12(9-13)3-2-4-12/h10H,2-8H2,1H3,(H,14,16). The second-order valence-electron chi connectivity index (χ2n) is 5.01. The van der Waals surface area contributed by atoms with Gasteiger partial charge in [0.25, 0.3) is 0 Å². The second kappa shape index (κ2) is 5.03. The Kier molecular flexibility index (Phi) is 3.65. The molecule has 0 spiro atoms. The summed E-state index contributed by atoms with van der Waals surface area (Å²) < 4.78 is 5.56. The Balaban J connectivity index is 1.78. The first-order valence-electron chi connectivity index (χ1n) is 6.16. The van der Waals surface area contributed by atoms with Gasteiger partial charge in [-0.05, 0) is 26.3 Å². The van der Waals surface area contributed by atoms with Gasteiger partial charge in [-0.25, -0.2) is 0 Å². The minimum absolute atomic E-state index is 0.0496. The van der Waals surface area contributed by atoms with Gasteiger partial charge < -0.3 is 15.0 Å². The van der Waals surface area contributed by atoms with E-state index in [2.05, 4.69) is 16.3 Å². The third-order valence-corrected chi connectivity index (χ3v) is 3.69. The van der Waals surface area contributed by atoms with Gasteiger partial charge in [-0.15, -0.1) is 0 Å². The van der Waals surface area contributed by atoms with Gasteiger partial charge in [-0.2, -0.15) is 5.26 Å². The predicted octanol–water partition coefficient (Wildman–Crippen LogP) is 0.127. The topological polar surface area (TPSA) is 65.4 Å². The van der Waals surface area contributed by atoms with Crippen LogP contribution in [0, 0.1) is 16.7 Å². The highest BCUT2D eigenvalue weighted by molar-refractivity contribution is 5.86. The third kappa shape index (κ3) is 2.59. The number of rotatable bonds is 3. The largest absolute Gasteiger partial charge is 0.374 e. The lowest BCUT2D eigenvalue weighted by molar-refractivity contribution is -0.132. The summed E-state index contributed by atoms with van der Waals surface area (Å²) in [5, 5.41) is 11.9. The van der Waals surface area contributed by atoms with E-state index >= 15 is 0 Å².